The molecule has 2 aromatic carbocycles. The molecule has 0 aliphatic carbocycles. The van der Waals surface area contributed by atoms with Crippen molar-refractivity contribution in [2.45, 2.75) is 12.5 Å². The molecule has 0 saturated carbocycles. The summed E-state index contributed by atoms with van der Waals surface area (Å²) in [5, 5.41) is 20.2. The van der Waals surface area contributed by atoms with Crippen molar-refractivity contribution in [1.82, 2.24) is 0 Å². The zero-order valence-electron chi connectivity index (χ0n) is 9.84. The van der Waals surface area contributed by atoms with Gasteiger partial charge in [0.2, 0.25) is 0 Å². The molecule has 1 atom stereocenters. The molecule has 3 nitrogen and oxygen atoms in total. The third-order valence-corrected chi connectivity index (χ3v) is 3.15. The molecular formula is C15H14O3. The van der Waals surface area contributed by atoms with Gasteiger partial charge in [-0.05, 0) is 17.2 Å². The molecule has 0 amide bonds. The summed E-state index contributed by atoms with van der Waals surface area (Å²) >= 11 is 0. The van der Waals surface area contributed by atoms with Crippen LogP contribution in [0, 0.1) is 0 Å². The molecule has 92 valence electrons. The summed E-state index contributed by atoms with van der Waals surface area (Å²) in [4.78, 5) is 0. The van der Waals surface area contributed by atoms with Gasteiger partial charge >= 0.3 is 0 Å². The van der Waals surface area contributed by atoms with E-state index in [4.69, 9.17) is 4.74 Å². The first-order chi connectivity index (χ1) is 8.75. The van der Waals surface area contributed by atoms with Gasteiger partial charge < -0.3 is 14.9 Å². The monoisotopic (exact) mass is 242 g/mol. The standard InChI is InChI=1S/C15H14O3/c16-13-7-6-11(8-12-9-18-12)15(17)14(13)10-4-2-1-3-5-10/h1-7,12,16-17H,8-9H2/t12-/m0/s1. The molecule has 1 aliphatic heterocycles. The molecule has 1 saturated heterocycles. The Labute approximate surface area is 105 Å². The van der Waals surface area contributed by atoms with Gasteiger partial charge in [0.1, 0.15) is 11.5 Å². The highest BCUT2D eigenvalue weighted by molar-refractivity contribution is 5.77. The van der Waals surface area contributed by atoms with Crippen LogP contribution in [0.2, 0.25) is 0 Å². The van der Waals surface area contributed by atoms with Crippen molar-refractivity contribution < 1.29 is 14.9 Å². The van der Waals surface area contributed by atoms with Crippen LogP contribution in [0.5, 0.6) is 11.5 Å². The van der Waals surface area contributed by atoms with E-state index >= 15 is 0 Å². The van der Waals surface area contributed by atoms with Gasteiger partial charge in [0, 0.05) is 6.42 Å². The second kappa shape index (κ2) is 4.35. The van der Waals surface area contributed by atoms with Gasteiger partial charge in [-0.15, -0.1) is 0 Å². The number of phenolic OH excluding ortho intramolecular Hbond substituents is 2. The fourth-order valence-electron chi connectivity index (χ4n) is 2.11. The van der Waals surface area contributed by atoms with Crippen LogP contribution in [0.15, 0.2) is 42.5 Å². The molecule has 0 bridgehead atoms. The molecule has 18 heavy (non-hydrogen) atoms. The predicted octanol–water partition coefficient (Wildman–Crippen LogP) is 2.71. The Morgan fingerprint density at radius 2 is 1.78 bits per heavy atom. The Kier molecular flexibility index (Phi) is 2.68. The third kappa shape index (κ3) is 2.05. The summed E-state index contributed by atoms with van der Waals surface area (Å²) in [5.41, 5.74) is 2.12. The smallest absolute Gasteiger partial charge is 0.130 e. The topological polar surface area (TPSA) is 53.0 Å². The number of rotatable bonds is 3. The number of benzene rings is 2. The molecule has 0 aromatic heterocycles. The van der Waals surface area contributed by atoms with Crippen molar-refractivity contribution >= 4 is 0 Å². The molecule has 3 rings (SSSR count). The van der Waals surface area contributed by atoms with Gasteiger partial charge in [-0.3, -0.25) is 0 Å². The molecule has 2 N–H and O–H groups in total. The summed E-state index contributed by atoms with van der Waals surface area (Å²) in [7, 11) is 0. The first-order valence-corrected chi connectivity index (χ1v) is 5.96. The van der Waals surface area contributed by atoms with Gasteiger partial charge in [-0.1, -0.05) is 36.4 Å². The van der Waals surface area contributed by atoms with E-state index in [0.717, 1.165) is 17.7 Å². The number of epoxide rings is 1. The average molecular weight is 242 g/mol. The number of ether oxygens (including phenoxy) is 1. The Morgan fingerprint density at radius 1 is 1.06 bits per heavy atom. The lowest BCUT2D eigenvalue weighted by atomic mass is 9.98. The molecule has 0 spiro atoms. The molecule has 1 fully saturated rings. The number of hydrogen-bond donors (Lipinski definition) is 2. The van der Waals surface area contributed by atoms with E-state index in [1.165, 1.54) is 0 Å². The van der Waals surface area contributed by atoms with Crippen molar-refractivity contribution in [2.75, 3.05) is 6.61 Å². The average Bonchev–Trinajstić information content (AvgIpc) is 3.18. The highest BCUT2D eigenvalue weighted by Gasteiger charge is 2.25. The highest BCUT2D eigenvalue weighted by Crippen LogP contribution is 2.40. The van der Waals surface area contributed by atoms with Crippen LogP contribution in [0.25, 0.3) is 11.1 Å². The minimum absolute atomic E-state index is 0.0964. The summed E-state index contributed by atoms with van der Waals surface area (Å²) in [5.74, 6) is 0.246. The Balaban J connectivity index is 2.06. The predicted molar refractivity (Wildman–Crippen MR) is 68.7 cm³/mol. The lowest BCUT2D eigenvalue weighted by Gasteiger charge is -2.11. The zero-order chi connectivity index (χ0) is 12.5. The second-order valence-corrected chi connectivity index (χ2v) is 4.49. The normalized spacial score (nSPS) is 17.7. The summed E-state index contributed by atoms with van der Waals surface area (Å²) in [6.07, 6.45) is 0.899. The quantitative estimate of drug-likeness (QED) is 0.814. The molecule has 1 heterocycles. The minimum Gasteiger partial charge on any atom is -0.507 e. The van der Waals surface area contributed by atoms with E-state index in [2.05, 4.69) is 0 Å². The number of aromatic hydroxyl groups is 2. The Hall–Kier alpha value is -2.00. The fourth-order valence-corrected chi connectivity index (χ4v) is 2.11. The maximum Gasteiger partial charge on any atom is 0.130 e. The Bertz CT molecular complexity index is 559. The number of phenols is 2. The van der Waals surface area contributed by atoms with Gasteiger partial charge in [0.25, 0.3) is 0 Å². The van der Waals surface area contributed by atoms with Crippen LogP contribution >= 0.6 is 0 Å². The van der Waals surface area contributed by atoms with Crippen molar-refractivity contribution in [3.8, 4) is 22.6 Å². The van der Waals surface area contributed by atoms with E-state index in [-0.39, 0.29) is 17.6 Å². The summed E-state index contributed by atoms with van der Waals surface area (Å²) in [6.45, 7) is 0.751. The minimum atomic E-state index is 0.0964. The van der Waals surface area contributed by atoms with Crippen LogP contribution in [0.3, 0.4) is 0 Å². The molecule has 0 unspecified atom stereocenters. The fraction of sp³-hybridized carbons (Fsp3) is 0.200. The van der Waals surface area contributed by atoms with Crippen molar-refractivity contribution in [3.63, 3.8) is 0 Å². The first kappa shape index (κ1) is 11.1. The number of hydrogen-bond acceptors (Lipinski definition) is 3. The molecule has 0 radical (unpaired) electrons. The van der Waals surface area contributed by atoms with Crippen molar-refractivity contribution in [3.05, 3.63) is 48.0 Å². The molecule has 2 aromatic rings. The maximum absolute atomic E-state index is 10.3. The van der Waals surface area contributed by atoms with Gasteiger partial charge in [0.15, 0.2) is 0 Å². The molecular weight excluding hydrogens is 228 g/mol. The molecule has 3 heteroatoms. The van der Waals surface area contributed by atoms with E-state index in [1.54, 1.807) is 12.1 Å². The summed E-state index contributed by atoms with van der Waals surface area (Å²) in [6, 6.07) is 12.8. The van der Waals surface area contributed by atoms with Crippen LogP contribution in [-0.2, 0) is 11.2 Å². The second-order valence-electron chi connectivity index (χ2n) is 4.49. The lowest BCUT2D eigenvalue weighted by molar-refractivity contribution is 0.401. The van der Waals surface area contributed by atoms with E-state index < -0.39 is 0 Å². The van der Waals surface area contributed by atoms with Crippen LogP contribution in [0.1, 0.15) is 5.56 Å². The Morgan fingerprint density at radius 3 is 2.44 bits per heavy atom. The van der Waals surface area contributed by atoms with Gasteiger partial charge in [-0.25, -0.2) is 0 Å². The van der Waals surface area contributed by atoms with E-state index in [1.807, 2.05) is 30.3 Å². The highest BCUT2D eigenvalue weighted by atomic mass is 16.6. The first-order valence-electron chi connectivity index (χ1n) is 5.96. The lowest BCUT2D eigenvalue weighted by Crippen LogP contribution is -1.95. The van der Waals surface area contributed by atoms with Crippen LogP contribution in [0.4, 0.5) is 0 Å². The van der Waals surface area contributed by atoms with Crippen molar-refractivity contribution in [1.29, 1.82) is 0 Å². The van der Waals surface area contributed by atoms with Gasteiger partial charge in [0.05, 0.1) is 18.3 Å². The van der Waals surface area contributed by atoms with E-state index in [0.29, 0.717) is 12.0 Å². The zero-order valence-corrected chi connectivity index (χ0v) is 9.84. The van der Waals surface area contributed by atoms with E-state index in [9.17, 15) is 10.2 Å². The maximum atomic E-state index is 10.3. The largest absolute Gasteiger partial charge is 0.507 e. The van der Waals surface area contributed by atoms with Gasteiger partial charge in [-0.2, -0.15) is 0 Å². The van der Waals surface area contributed by atoms with Crippen LogP contribution < -0.4 is 0 Å². The van der Waals surface area contributed by atoms with Crippen LogP contribution in [-0.4, -0.2) is 22.9 Å². The molecule has 1 aliphatic rings. The van der Waals surface area contributed by atoms with Crippen molar-refractivity contribution in [2.24, 2.45) is 0 Å². The third-order valence-electron chi connectivity index (χ3n) is 3.15. The summed E-state index contributed by atoms with van der Waals surface area (Å²) < 4.78 is 5.17. The SMILES string of the molecule is Oc1ccc(C[C@H]2CO2)c(O)c1-c1ccccc1.